The van der Waals surface area contributed by atoms with Crippen LogP contribution < -0.4 is 5.32 Å². The number of benzene rings is 2. The summed E-state index contributed by atoms with van der Waals surface area (Å²) in [6.07, 6.45) is 2.19. The third-order valence-corrected chi connectivity index (χ3v) is 4.59. The molecule has 0 aliphatic carbocycles. The molecular formula is C19H23NO2. The van der Waals surface area contributed by atoms with Crippen molar-refractivity contribution in [3.8, 4) is 0 Å². The molecule has 3 rings (SSSR count). The Bertz CT molecular complexity index is 539. The first-order chi connectivity index (χ1) is 10.7. The Hall–Kier alpha value is -1.68. The zero-order valence-corrected chi connectivity index (χ0v) is 12.7. The molecule has 2 unspecified atom stereocenters. The summed E-state index contributed by atoms with van der Waals surface area (Å²) < 4.78 is 0. The average Bonchev–Trinajstić information content (AvgIpc) is 2.62. The van der Waals surface area contributed by atoms with Gasteiger partial charge in [-0.05, 0) is 30.5 Å². The van der Waals surface area contributed by atoms with Crippen molar-refractivity contribution in [2.75, 3.05) is 6.54 Å². The number of aliphatic hydroxyl groups is 2. The molecule has 22 heavy (non-hydrogen) atoms. The molecule has 0 spiro atoms. The van der Waals surface area contributed by atoms with Gasteiger partial charge in [0.25, 0.3) is 0 Å². The highest BCUT2D eigenvalue weighted by Gasteiger charge is 2.43. The smallest absolute Gasteiger partial charge is 0.142 e. The van der Waals surface area contributed by atoms with E-state index in [2.05, 4.69) is 5.32 Å². The van der Waals surface area contributed by atoms with Crippen LogP contribution >= 0.6 is 0 Å². The lowest BCUT2D eigenvalue weighted by molar-refractivity contribution is -0.0711. The number of hydrogen-bond donors (Lipinski definition) is 3. The second-order valence-electron chi connectivity index (χ2n) is 6.00. The lowest BCUT2D eigenvalue weighted by atomic mass is 9.77. The van der Waals surface area contributed by atoms with Gasteiger partial charge in [0.1, 0.15) is 11.7 Å². The molecule has 0 aromatic heterocycles. The van der Waals surface area contributed by atoms with Crippen molar-refractivity contribution in [3.05, 3.63) is 71.8 Å². The maximum absolute atomic E-state index is 11.5. The standard InChI is InChI=1S/C19H23NO2/c21-18(17-13-7-8-14-20-17)19(22,15-9-3-1-4-10-15)16-11-5-2-6-12-16/h1-6,9-12,17-18,20-22H,7-8,13-14H2. The van der Waals surface area contributed by atoms with Crippen molar-refractivity contribution in [1.82, 2.24) is 5.32 Å². The maximum atomic E-state index is 11.5. The Labute approximate surface area is 131 Å². The normalized spacial score (nSPS) is 20.5. The van der Waals surface area contributed by atoms with Crippen molar-refractivity contribution < 1.29 is 10.2 Å². The van der Waals surface area contributed by atoms with E-state index in [-0.39, 0.29) is 6.04 Å². The van der Waals surface area contributed by atoms with Gasteiger partial charge < -0.3 is 15.5 Å². The average molecular weight is 297 g/mol. The molecule has 3 nitrogen and oxygen atoms in total. The predicted molar refractivity (Wildman–Crippen MR) is 87.5 cm³/mol. The number of piperidine rings is 1. The van der Waals surface area contributed by atoms with Crippen LogP contribution in [0.4, 0.5) is 0 Å². The molecule has 116 valence electrons. The minimum Gasteiger partial charge on any atom is -0.388 e. The second-order valence-corrected chi connectivity index (χ2v) is 6.00. The molecule has 1 fully saturated rings. The minimum atomic E-state index is -1.41. The first-order valence-electron chi connectivity index (χ1n) is 7.98. The molecule has 2 aromatic rings. The zero-order chi connectivity index (χ0) is 15.4. The molecule has 0 bridgehead atoms. The van der Waals surface area contributed by atoms with Crippen LogP contribution in [0.25, 0.3) is 0 Å². The van der Waals surface area contributed by atoms with Gasteiger partial charge in [-0.3, -0.25) is 0 Å². The number of aliphatic hydroxyl groups excluding tert-OH is 1. The van der Waals surface area contributed by atoms with Crippen molar-refractivity contribution in [3.63, 3.8) is 0 Å². The quantitative estimate of drug-likeness (QED) is 0.812. The van der Waals surface area contributed by atoms with Gasteiger partial charge in [-0.25, -0.2) is 0 Å². The van der Waals surface area contributed by atoms with Crippen LogP contribution in [0.5, 0.6) is 0 Å². The molecular weight excluding hydrogens is 274 g/mol. The Morgan fingerprint density at radius 3 is 1.91 bits per heavy atom. The minimum absolute atomic E-state index is 0.0980. The fourth-order valence-electron chi connectivity index (χ4n) is 3.33. The van der Waals surface area contributed by atoms with Gasteiger partial charge >= 0.3 is 0 Å². The first-order valence-corrected chi connectivity index (χ1v) is 7.98. The Kier molecular flexibility index (Phi) is 4.57. The Morgan fingerprint density at radius 2 is 1.45 bits per heavy atom. The highest BCUT2D eigenvalue weighted by atomic mass is 16.3. The molecule has 1 heterocycles. The van der Waals surface area contributed by atoms with Crippen molar-refractivity contribution in [2.45, 2.75) is 37.0 Å². The second kappa shape index (κ2) is 6.61. The van der Waals surface area contributed by atoms with Gasteiger partial charge in [0, 0.05) is 6.04 Å². The van der Waals surface area contributed by atoms with E-state index in [9.17, 15) is 10.2 Å². The fraction of sp³-hybridized carbons (Fsp3) is 0.368. The first kappa shape index (κ1) is 15.2. The van der Waals surface area contributed by atoms with E-state index in [0.29, 0.717) is 0 Å². The van der Waals surface area contributed by atoms with Crippen LogP contribution in [0.15, 0.2) is 60.7 Å². The summed E-state index contributed by atoms with van der Waals surface area (Å²) in [5, 5.41) is 25.8. The summed E-state index contributed by atoms with van der Waals surface area (Å²) in [4.78, 5) is 0. The van der Waals surface area contributed by atoms with Gasteiger partial charge in [-0.1, -0.05) is 67.1 Å². The van der Waals surface area contributed by atoms with Crippen LogP contribution in [-0.4, -0.2) is 28.9 Å². The Morgan fingerprint density at radius 1 is 0.909 bits per heavy atom. The van der Waals surface area contributed by atoms with E-state index < -0.39 is 11.7 Å². The van der Waals surface area contributed by atoms with Gasteiger partial charge in [0.05, 0.1) is 0 Å². The predicted octanol–water partition coefficient (Wildman–Crippen LogP) is 2.43. The van der Waals surface area contributed by atoms with Gasteiger partial charge in [-0.15, -0.1) is 0 Å². The summed E-state index contributed by atoms with van der Waals surface area (Å²) in [7, 11) is 0. The molecule has 0 radical (unpaired) electrons. The summed E-state index contributed by atoms with van der Waals surface area (Å²) in [6, 6.07) is 18.8. The SMILES string of the molecule is OC(C1CCCCN1)C(O)(c1ccccc1)c1ccccc1. The molecule has 3 heteroatoms. The monoisotopic (exact) mass is 297 g/mol. The highest BCUT2D eigenvalue weighted by molar-refractivity contribution is 5.38. The van der Waals surface area contributed by atoms with Crippen molar-refractivity contribution in [2.24, 2.45) is 0 Å². The van der Waals surface area contributed by atoms with Crippen LogP contribution in [-0.2, 0) is 5.60 Å². The van der Waals surface area contributed by atoms with Gasteiger partial charge in [-0.2, -0.15) is 0 Å². The molecule has 1 aliphatic rings. The van der Waals surface area contributed by atoms with Gasteiger partial charge in [0.2, 0.25) is 0 Å². The molecule has 0 saturated carbocycles. The number of rotatable bonds is 4. The largest absolute Gasteiger partial charge is 0.388 e. The Balaban J connectivity index is 2.03. The number of hydrogen-bond acceptors (Lipinski definition) is 3. The topological polar surface area (TPSA) is 52.5 Å². The molecule has 0 amide bonds. The summed E-state index contributed by atoms with van der Waals surface area (Å²) in [6.45, 7) is 0.890. The van der Waals surface area contributed by atoms with Gasteiger partial charge in [0.15, 0.2) is 0 Å². The summed E-state index contributed by atoms with van der Waals surface area (Å²) >= 11 is 0. The van der Waals surface area contributed by atoms with Crippen molar-refractivity contribution in [1.29, 1.82) is 0 Å². The summed E-state index contributed by atoms with van der Waals surface area (Å²) in [5.41, 5.74) is 0.0412. The zero-order valence-electron chi connectivity index (χ0n) is 12.7. The number of nitrogens with one attached hydrogen (secondary N) is 1. The van der Waals surface area contributed by atoms with E-state index in [1.165, 1.54) is 0 Å². The van der Waals surface area contributed by atoms with E-state index in [4.69, 9.17) is 0 Å². The van der Waals surface area contributed by atoms with Crippen LogP contribution in [0, 0.1) is 0 Å². The van der Waals surface area contributed by atoms with Crippen molar-refractivity contribution >= 4 is 0 Å². The van der Waals surface area contributed by atoms with Crippen LogP contribution in [0.1, 0.15) is 30.4 Å². The molecule has 1 saturated heterocycles. The highest BCUT2D eigenvalue weighted by Crippen LogP contribution is 2.35. The fourth-order valence-corrected chi connectivity index (χ4v) is 3.33. The lowest BCUT2D eigenvalue weighted by Crippen LogP contribution is -2.54. The molecule has 1 aliphatic heterocycles. The summed E-state index contributed by atoms with van der Waals surface area (Å²) in [5.74, 6) is 0. The third-order valence-electron chi connectivity index (χ3n) is 4.59. The van der Waals surface area contributed by atoms with Crippen LogP contribution in [0.3, 0.4) is 0 Å². The van der Waals surface area contributed by atoms with Crippen LogP contribution in [0.2, 0.25) is 0 Å². The molecule has 2 atom stereocenters. The van der Waals surface area contributed by atoms with E-state index >= 15 is 0 Å². The third kappa shape index (κ3) is 2.80. The maximum Gasteiger partial charge on any atom is 0.142 e. The van der Waals surface area contributed by atoms with E-state index in [1.54, 1.807) is 0 Å². The molecule has 3 N–H and O–H groups in total. The molecule has 2 aromatic carbocycles. The lowest BCUT2D eigenvalue weighted by Gasteiger charge is -2.40. The van der Waals surface area contributed by atoms with E-state index in [1.807, 2.05) is 60.7 Å². The van der Waals surface area contributed by atoms with E-state index in [0.717, 1.165) is 36.9 Å².